The first-order valence-electron chi connectivity index (χ1n) is 15.3. The molecule has 1 fully saturated rings. The second kappa shape index (κ2) is 9.70. The second-order valence-electron chi connectivity index (χ2n) is 13.0. The third kappa shape index (κ3) is 4.19. The Kier molecular flexibility index (Phi) is 5.98. The molecule has 1 aliphatic heterocycles. The molecule has 5 aromatic carbocycles. The zero-order valence-electron chi connectivity index (χ0n) is 25.2. The van der Waals surface area contributed by atoms with Gasteiger partial charge >= 0.3 is 7.48 Å². The zero-order valence-corrected chi connectivity index (χ0v) is 25.2. The van der Waals surface area contributed by atoms with Crippen molar-refractivity contribution in [2.75, 3.05) is 0 Å². The molecular weight excluding hydrogens is 525 g/mol. The SMILES string of the molecule is CC1(C)O[B]C(c2ccc3c(c2)c2ccc(CC4c5ccccc5-c5ccccc54)cc2n3-c2ccccc2)OC1(C)C. The summed E-state index contributed by atoms with van der Waals surface area (Å²) < 4.78 is 15.2. The van der Waals surface area contributed by atoms with Gasteiger partial charge in [-0.1, -0.05) is 84.9 Å². The Morgan fingerprint density at radius 2 is 1.33 bits per heavy atom. The Labute approximate surface area is 254 Å². The minimum atomic E-state index is -0.425. The molecule has 4 heteroatoms. The summed E-state index contributed by atoms with van der Waals surface area (Å²) in [6.07, 6.45) is 0.957. The fraction of sp³-hybridized carbons (Fsp3) is 0.231. The van der Waals surface area contributed by atoms with E-state index in [1.54, 1.807) is 0 Å². The summed E-state index contributed by atoms with van der Waals surface area (Å²) in [5.41, 5.74) is 10.8. The van der Waals surface area contributed by atoms with Crippen LogP contribution in [0.15, 0.2) is 115 Å². The summed E-state index contributed by atoms with van der Waals surface area (Å²) in [5.74, 6) is 0.345. The molecule has 1 aliphatic carbocycles. The standard InChI is InChI=1S/C39H35BNO2/c1-38(2)39(3,4)43-40-37(42-38)26-19-21-35-34(24-26)32-20-18-25(23-36(32)41(35)27-12-6-5-7-13-27)22-33-30-16-10-8-14-28(30)29-15-9-11-17-31(29)33/h5-21,23-24,33,37H,22H2,1-4H3. The normalized spacial score (nSPS) is 18.8. The predicted molar refractivity (Wildman–Crippen MR) is 177 cm³/mol. The lowest BCUT2D eigenvalue weighted by Crippen LogP contribution is -2.55. The number of fused-ring (bicyclic) bond motifs is 6. The van der Waals surface area contributed by atoms with Crippen LogP contribution < -0.4 is 0 Å². The lowest BCUT2D eigenvalue weighted by Gasteiger charge is -2.48. The van der Waals surface area contributed by atoms with Gasteiger partial charge in [-0.2, -0.15) is 0 Å². The molecule has 3 nitrogen and oxygen atoms in total. The second-order valence-corrected chi connectivity index (χ2v) is 13.0. The van der Waals surface area contributed by atoms with Gasteiger partial charge in [-0.25, -0.2) is 0 Å². The summed E-state index contributed by atoms with van der Waals surface area (Å²) in [6.45, 7) is 8.37. The lowest BCUT2D eigenvalue weighted by molar-refractivity contribution is -0.178. The number of para-hydroxylation sites is 1. The van der Waals surface area contributed by atoms with E-state index in [9.17, 15) is 0 Å². The third-order valence-corrected chi connectivity index (χ3v) is 9.96. The van der Waals surface area contributed by atoms with Gasteiger partial charge in [0.1, 0.15) is 0 Å². The predicted octanol–water partition coefficient (Wildman–Crippen LogP) is 9.36. The van der Waals surface area contributed by atoms with Crippen molar-refractivity contribution in [1.82, 2.24) is 4.57 Å². The highest BCUT2D eigenvalue weighted by Crippen LogP contribution is 2.46. The number of aromatic nitrogens is 1. The molecule has 0 N–H and O–H groups in total. The monoisotopic (exact) mass is 560 g/mol. The van der Waals surface area contributed by atoms with Gasteiger partial charge in [-0.3, -0.25) is 0 Å². The average Bonchev–Trinajstić information content (AvgIpc) is 3.51. The van der Waals surface area contributed by atoms with E-state index in [4.69, 9.17) is 9.39 Å². The number of hydrogen-bond acceptors (Lipinski definition) is 2. The molecule has 8 rings (SSSR count). The summed E-state index contributed by atoms with van der Waals surface area (Å²) in [7, 11) is 1.86. The molecule has 43 heavy (non-hydrogen) atoms. The van der Waals surface area contributed by atoms with Crippen molar-refractivity contribution in [2.24, 2.45) is 0 Å². The summed E-state index contributed by atoms with van der Waals surface area (Å²) in [6, 6.07) is 42.0. The van der Waals surface area contributed by atoms with Gasteiger partial charge in [0.15, 0.2) is 0 Å². The largest absolute Gasteiger partial charge is 0.429 e. The van der Waals surface area contributed by atoms with Crippen molar-refractivity contribution in [3.05, 3.63) is 138 Å². The molecular formula is C39H35BNO2. The quantitative estimate of drug-likeness (QED) is 0.201. The van der Waals surface area contributed by atoms with Gasteiger partial charge < -0.3 is 14.0 Å². The van der Waals surface area contributed by atoms with Gasteiger partial charge in [-0.05, 0) is 97.8 Å². The Morgan fingerprint density at radius 3 is 2.02 bits per heavy atom. The van der Waals surface area contributed by atoms with Crippen molar-refractivity contribution in [1.29, 1.82) is 0 Å². The highest BCUT2D eigenvalue weighted by Gasteiger charge is 2.45. The van der Waals surface area contributed by atoms with E-state index in [0.717, 1.165) is 17.7 Å². The van der Waals surface area contributed by atoms with E-state index in [-0.39, 0.29) is 6.00 Å². The van der Waals surface area contributed by atoms with Gasteiger partial charge in [-0.15, -0.1) is 0 Å². The van der Waals surface area contributed by atoms with Crippen LogP contribution in [-0.2, 0) is 15.8 Å². The Hall–Kier alpha value is -4.12. The van der Waals surface area contributed by atoms with Crippen LogP contribution in [0.1, 0.15) is 61.9 Å². The van der Waals surface area contributed by atoms with Crippen LogP contribution in [-0.4, -0.2) is 23.3 Å². The van der Waals surface area contributed by atoms with E-state index in [0.29, 0.717) is 5.92 Å². The van der Waals surface area contributed by atoms with Crippen LogP contribution >= 0.6 is 0 Å². The van der Waals surface area contributed by atoms with Crippen molar-refractivity contribution in [3.63, 3.8) is 0 Å². The van der Waals surface area contributed by atoms with Crippen LogP contribution in [0.5, 0.6) is 0 Å². The van der Waals surface area contributed by atoms with Crippen molar-refractivity contribution in [2.45, 2.75) is 57.2 Å². The molecule has 0 amide bonds. The molecule has 0 saturated carbocycles. The third-order valence-electron chi connectivity index (χ3n) is 9.96. The van der Waals surface area contributed by atoms with E-state index in [1.807, 2.05) is 7.48 Å². The number of benzene rings is 5. The molecule has 2 aliphatic rings. The van der Waals surface area contributed by atoms with Gasteiger partial charge in [0, 0.05) is 22.4 Å². The van der Waals surface area contributed by atoms with Gasteiger partial charge in [0.2, 0.25) is 0 Å². The van der Waals surface area contributed by atoms with E-state index >= 15 is 0 Å². The minimum absolute atomic E-state index is 0.232. The molecule has 1 aromatic heterocycles. The maximum Gasteiger partial charge on any atom is 0.330 e. The van der Waals surface area contributed by atoms with Crippen molar-refractivity contribution in [3.8, 4) is 16.8 Å². The first-order valence-corrected chi connectivity index (χ1v) is 15.3. The molecule has 1 atom stereocenters. The summed E-state index contributed by atoms with van der Waals surface area (Å²) in [5, 5.41) is 2.46. The highest BCUT2D eigenvalue weighted by atomic mass is 16.6. The first-order chi connectivity index (χ1) is 20.8. The van der Waals surface area contributed by atoms with Crippen LogP contribution in [0, 0.1) is 0 Å². The van der Waals surface area contributed by atoms with Crippen molar-refractivity contribution >= 4 is 29.3 Å². The number of nitrogens with zero attached hydrogens (tertiary/aromatic N) is 1. The lowest BCUT2D eigenvalue weighted by atomic mass is 9.76. The highest BCUT2D eigenvalue weighted by molar-refractivity contribution is 6.30. The Balaban J connectivity index is 1.25. The Bertz CT molecular complexity index is 1960. The molecule has 0 spiro atoms. The zero-order chi connectivity index (χ0) is 29.3. The van der Waals surface area contributed by atoms with Gasteiger partial charge in [0.05, 0.1) is 28.2 Å². The van der Waals surface area contributed by atoms with Crippen LogP contribution in [0.4, 0.5) is 0 Å². The van der Waals surface area contributed by atoms with E-state index in [1.165, 1.54) is 49.6 Å². The smallest absolute Gasteiger partial charge is 0.330 e. The number of rotatable bonds is 4. The molecule has 211 valence electrons. The fourth-order valence-electron chi connectivity index (χ4n) is 6.97. The maximum atomic E-state index is 6.59. The average molecular weight is 561 g/mol. The maximum absolute atomic E-state index is 6.59. The molecule has 1 saturated heterocycles. The molecule has 2 heterocycles. The number of ether oxygens (including phenoxy) is 1. The number of hydrogen-bond donors (Lipinski definition) is 0. The first kappa shape index (κ1) is 26.5. The van der Waals surface area contributed by atoms with Gasteiger partial charge in [0.25, 0.3) is 0 Å². The Morgan fingerprint density at radius 1 is 0.651 bits per heavy atom. The van der Waals surface area contributed by atoms with Crippen LogP contribution in [0.3, 0.4) is 0 Å². The molecule has 6 aromatic rings. The molecule has 1 unspecified atom stereocenters. The van der Waals surface area contributed by atoms with Crippen LogP contribution in [0.25, 0.3) is 38.6 Å². The summed E-state index contributed by atoms with van der Waals surface area (Å²) in [4.78, 5) is 0. The minimum Gasteiger partial charge on any atom is -0.429 e. The van der Waals surface area contributed by atoms with E-state index < -0.39 is 11.2 Å². The van der Waals surface area contributed by atoms with E-state index in [2.05, 4.69) is 148 Å². The molecule has 0 bridgehead atoms. The topological polar surface area (TPSA) is 23.4 Å². The summed E-state index contributed by atoms with van der Waals surface area (Å²) >= 11 is 0. The van der Waals surface area contributed by atoms with Crippen molar-refractivity contribution < 1.29 is 9.39 Å². The fourth-order valence-corrected chi connectivity index (χ4v) is 6.97. The molecule has 1 radical (unpaired) electrons. The van der Waals surface area contributed by atoms with Crippen LogP contribution in [0.2, 0.25) is 0 Å².